The van der Waals surface area contributed by atoms with Crippen LogP contribution in [0.4, 0.5) is 11.4 Å². The van der Waals surface area contributed by atoms with Gasteiger partial charge in [0.2, 0.25) is 0 Å². The molecule has 0 spiro atoms. The number of phenolic OH excluding ortho intramolecular Hbond substituents is 2. The van der Waals surface area contributed by atoms with E-state index in [1.54, 1.807) is 49.4 Å². The van der Waals surface area contributed by atoms with Gasteiger partial charge in [-0.05, 0) is 109 Å². The molecule has 0 radical (unpaired) electrons. The van der Waals surface area contributed by atoms with E-state index >= 15 is 0 Å². The minimum Gasteiger partial charge on any atom is -0.506 e. The van der Waals surface area contributed by atoms with E-state index in [1.807, 2.05) is 26.0 Å². The third-order valence-electron chi connectivity index (χ3n) is 7.69. The van der Waals surface area contributed by atoms with Crippen LogP contribution in [0.5, 0.6) is 11.5 Å². The van der Waals surface area contributed by atoms with Gasteiger partial charge in [-0.1, -0.05) is 51.0 Å². The Kier molecular flexibility index (Phi) is 11.0. The van der Waals surface area contributed by atoms with Crippen molar-refractivity contribution in [2.75, 3.05) is 17.2 Å². The molecule has 45 heavy (non-hydrogen) atoms. The molecule has 0 aliphatic carbocycles. The number of aryl methyl sites for hydroxylation is 3. The van der Waals surface area contributed by atoms with Crippen LogP contribution < -0.4 is 10.6 Å². The zero-order valence-corrected chi connectivity index (χ0v) is 26.2. The summed E-state index contributed by atoms with van der Waals surface area (Å²) < 4.78 is 5.30. The van der Waals surface area contributed by atoms with E-state index in [0.29, 0.717) is 34.4 Å². The third kappa shape index (κ3) is 8.29. The monoisotopic (exact) mass is 608 g/mol. The first-order valence-electron chi connectivity index (χ1n) is 15.3. The van der Waals surface area contributed by atoms with Crippen LogP contribution in [0.2, 0.25) is 0 Å². The Labute approximate surface area is 264 Å². The fourth-order valence-corrected chi connectivity index (χ4v) is 4.84. The lowest BCUT2D eigenvalue weighted by Gasteiger charge is -2.13. The average Bonchev–Trinajstić information content (AvgIpc) is 3.02. The third-order valence-corrected chi connectivity index (χ3v) is 7.69. The minimum atomic E-state index is -0.496. The van der Waals surface area contributed by atoms with E-state index in [-0.39, 0.29) is 34.3 Å². The van der Waals surface area contributed by atoms with E-state index in [4.69, 9.17) is 4.74 Å². The summed E-state index contributed by atoms with van der Waals surface area (Å²) in [7, 11) is 0. The normalized spacial score (nSPS) is 10.8. The maximum Gasteiger partial charge on any atom is 0.338 e. The second kappa shape index (κ2) is 15.1. The average molecular weight is 609 g/mol. The molecule has 4 rings (SSSR count). The molecule has 0 fully saturated rings. The van der Waals surface area contributed by atoms with Gasteiger partial charge < -0.3 is 25.6 Å². The van der Waals surface area contributed by atoms with Crippen LogP contribution in [0, 0.1) is 13.8 Å². The number of hydrogen-bond acceptors (Lipinski definition) is 6. The number of carbonyl (C=O) groups is 3. The smallest absolute Gasteiger partial charge is 0.338 e. The fourth-order valence-electron chi connectivity index (χ4n) is 4.84. The number of anilines is 2. The van der Waals surface area contributed by atoms with Crippen molar-refractivity contribution >= 4 is 29.2 Å². The lowest BCUT2D eigenvalue weighted by molar-refractivity contribution is 0.0498. The quantitative estimate of drug-likeness (QED) is 0.0730. The number of unbranched alkanes of at least 4 members (excludes halogenated alkanes) is 2. The maximum absolute atomic E-state index is 13.0. The summed E-state index contributed by atoms with van der Waals surface area (Å²) in [6, 6.07) is 19.9. The topological polar surface area (TPSA) is 125 Å². The maximum atomic E-state index is 13.0. The van der Waals surface area contributed by atoms with Gasteiger partial charge in [0, 0.05) is 11.1 Å². The number of amides is 2. The Balaban J connectivity index is 1.45. The molecule has 4 N–H and O–H groups in total. The summed E-state index contributed by atoms with van der Waals surface area (Å²) in [6.45, 7) is 8.25. The second-order valence-electron chi connectivity index (χ2n) is 11.1. The standard InChI is InChI=1S/C37H40N2O6/c1-5-7-9-25-19-28(12-10-23(25)3)35(42)38-31-16-14-26(21-33(31)40)27-15-17-32(34(41)22-27)39-36(43)29-13-11-24(4)30(20-29)37(44)45-18-8-6-2/h10-17,19-22,40-41H,5-9,18H2,1-4H3,(H,38,42)(H,39,43). The van der Waals surface area contributed by atoms with Crippen LogP contribution >= 0.6 is 0 Å². The molecular weight excluding hydrogens is 568 g/mol. The molecule has 2 amide bonds. The molecule has 0 aliphatic heterocycles. The number of carbonyl (C=O) groups excluding carboxylic acids is 3. The number of esters is 1. The van der Waals surface area contributed by atoms with Gasteiger partial charge in [-0.15, -0.1) is 0 Å². The summed E-state index contributed by atoms with van der Waals surface area (Å²) in [5, 5.41) is 26.9. The molecule has 0 atom stereocenters. The van der Waals surface area contributed by atoms with Gasteiger partial charge in [0.1, 0.15) is 11.5 Å². The Bertz CT molecular complexity index is 1710. The molecule has 4 aromatic carbocycles. The van der Waals surface area contributed by atoms with Crippen molar-refractivity contribution in [3.63, 3.8) is 0 Å². The lowest BCUT2D eigenvalue weighted by Crippen LogP contribution is -2.14. The zero-order chi connectivity index (χ0) is 32.5. The van der Waals surface area contributed by atoms with Gasteiger partial charge in [0.05, 0.1) is 23.5 Å². The molecule has 8 nitrogen and oxygen atoms in total. The zero-order valence-electron chi connectivity index (χ0n) is 26.2. The molecule has 4 aromatic rings. The van der Waals surface area contributed by atoms with E-state index in [9.17, 15) is 24.6 Å². The van der Waals surface area contributed by atoms with Gasteiger partial charge in [-0.2, -0.15) is 0 Å². The number of aromatic hydroxyl groups is 2. The Morgan fingerprint density at radius 2 is 1.20 bits per heavy atom. The van der Waals surface area contributed by atoms with Crippen LogP contribution in [0.15, 0.2) is 72.8 Å². The largest absolute Gasteiger partial charge is 0.506 e. The first kappa shape index (κ1) is 32.8. The molecular formula is C37H40N2O6. The van der Waals surface area contributed by atoms with Gasteiger partial charge >= 0.3 is 5.97 Å². The molecule has 0 heterocycles. The van der Waals surface area contributed by atoms with Crippen LogP contribution in [-0.2, 0) is 11.2 Å². The van der Waals surface area contributed by atoms with Gasteiger partial charge in [0.25, 0.3) is 11.8 Å². The summed E-state index contributed by atoms with van der Waals surface area (Å²) in [5.41, 5.74) is 5.68. The molecule has 0 saturated carbocycles. The summed E-state index contributed by atoms with van der Waals surface area (Å²) in [5.74, 6) is -1.60. The van der Waals surface area contributed by atoms with Crippen molar-refractivity contribution in [3.8, 4) is 22.6 Å². The van der Waals surface area contributed by atoms with Crippen LogP contribution in [0.3, 0.4) is 0 Å². The lowest BCUT2D eigenvalue weighted by atomic mass is 9.99. The Morgan fingerprint density at radius 3 is 1.73 bits per heavy atom. The van der Waals surface area contributed by atoms with Gasteiger partial charge in [-0.25, -0.2) is 4.79 Å². The van der Waals surface area contributed by atoms with E-state index < -0.39 is 11.9 Å². The molecule has 0 aromatic heterocycles. The highest BCUT2D eigenvalue weighted by Gasteiger charge is 2.17. The van der Waals surface area contributed by atoms with Crippen LogP contribution in [0.1, 0.15) is 87.3 Å². The summed E-state index contributed by atoms with van der Waals surface area (Å²) in [6.07, 6.45) is 4.67. The number of nitrogens with one attached hydrogen (secondary N) is 2. The highest BCUT2D eigenvalue weighted by atomic mass is 16.5. The van der Waals surface area contributed by atoms with Crippen molar-refractivity contribution in [2.24, 2.45) is 0 Å². The Hall–Kier alpha value is -5.11. The predicted octanol–water partition coefficient (Wildman–Crippen LogP) is 8.19. The van der Waals surface area contributed by atoms with Gasteiger partial charge in [-0.3, -0.25) is 9.59 Å². The highest BCUT2D eigenvalue weighted by molar-refractivity contribution is 6.07. The highest BCUT2D eigenvalue weighted by Crippen LogP contribution is 2.34. The van der Waals surface area contributed by atoms with E-state index in [1.165, 1.54) is 18.2 Å². The fraction of sp³-hybridized carbons (Fsp3) is 0.270. The molecule has 0 aliphatic rings. The molecule has 0 unspecified atom stereocenters. The minimum absolute atomic E-state index is 0.126. The first-order chi connectivity index (χ1) is 21.6. The molecule has 8 heteroatoms. The van der Waals surface area contributed by atoms with Crippen LogP contribution in [-0.4, -0.2) is 34.6 Å². The second-order valence-corrected chi connectivity index (χ2v) is 11.1. The van der Waals surface area contributed by atoms with Crippen molar-refractivity contribution in [1.82, 2.24) is 0 Å². The number of ether oxygens (including phenoxy) is 1. The summed E-state index contributed by atoms with van der Waals surface area (Å²) >= 11 is 0. The number of rotatable bonds is 12. The Morgan fingerprint density at radius 1 is 0.667 bits per heavy atom. The van der Waals surface area contributed by atoms with Crippen molar-refractivity contribution in [2.45, 2.75) is 59.8 Å². The summed E-state index contributed by atoms with van der Waals surface area (Å²) in [4.78, 5) is 38.4. The van der Waals surface area contributed by atoms with Gasteiger partial charge in [0.15, 0.2) is 0 Å². The molecule has 0 saturated heterocycles. The van der Waals surface area contributed by atoms with Crippen molar-refractivity contribution < 1.29 is 29.3 Å². The SMILES string of the molecule is CCCCOC(=O)c1cc(C(=O)Nc2ccc(-c3ccc(NC(=O)c4ccc(C)c(CCCC)c4)c(O)c3)cc2O)ccc1C. The number of phenols is 2. The molecule has 234 valence electrons. The molecule has 0 bridgehead atoms. The van der Waals surface area contributed by atoms with E-state index in [2.05, 4.69) is 17.6 Å². The van der Waals surface area contributed by atoms with E-state index in [0.717, 1.165) is 43.2 Å². The first-order valence-corrected chi connectivity index (χ1v) is 15.3. The van der Waals surface area contributed by atoms with Crippen molar-refractivity contribution in [3.05, 3.63) is 106 Å². The van der Waals surface area contributed by atoms with Crippen molar-refractivity contribution in [1.29, 1.82) is 0 Å². The van der Waals surface area contributed by atoms with Crippen LogP contribution in [0.25, 0.3) is 11.1 Å². The predicted molar refractivity (Wildman–Crippen MR) is 177 cm³/mol. The number of benzene rings is 4. The number of hydrogen-bond donors (Lipinski definition) is 4.